The average Bonchev–Trinajstić information content (AvgIpc) is 2.88. The average molecular weight is 535 g/mol. The van der Waals surface area contributed by atoms with E-state index in [0.717, 1.165) is 0 Å². The minimum Gasteiger partial charge on any atom is -0.469 e. The van der Waals surface area contributed by atoms with E-state index in [1.165, 1.54) is 18.9 Å². The third-order valence-corrected chi connectivity index (χ3v) is 6.08. The molecule has 0 aromatic heterocycles. The molecule has 0 aliphatic heterocycles. The summed E-state index contributed by atoms with van der Waals surface area (Å²) in [6, 6.07) is 6.01. The van der Waals surface area contributed by atoms with E-state index in [1.54, 1.807) is 24.3 Å². The summed E-state index contributed by atoms with van der Waals surface area (Å²) in [5.41, 5.74) is 0.993. The molecule has 3 atom stereocenters. The molecule has 0 aliphatic rings. The first-order valence-electron chi connectivity index (χ1n) is 12.0. The molecule has 0 heterocycles. The number of carbonyl (C=O) groups is 5. The van der Waals surface area contributed by atoms with E-state index in [9.17, 15) is 24.0 Å². The van der Waals surface area contributed by atoms with Crippen LogP contribution in [0.4, 0.5) is 0 Å². The quantitative estimate of drug-likeness (QED) is 0.174. The fraction of sp³-hybridized carbons (Fsp3) is 0.500. The van der Waals surface area contributed by atoms with E-state index in [4.69, 9.17) is 0 Å². The third-order valence-electron chi connectivity index (χ3n) is 5.43. The zero-order valence-corrected chi connectivity index (χ0v) is 22.7. The zero-order valence-electron chi connectivity index (χ0n) is 21.9. The maximum absolute atomic E-state index is 13.4. The number of hydrogen-bond donors (Lipinski definition) is 4. The maximum Gasteiger partial charge on any atom is 0.307 e. The van der Waals surface area contributed by atoms with E-state index in [2.05, 4.69) is 32.6 Å². The fourth-order valence-corrected chi connectivity index (χ4v) is 3.92. The van der Waals surface area contributed by atoms with Crippen LogP contribution in [0, 0.1) is 5.92 Å². The van der Waals surface area contributed by atoms with Gasteiger partial charge in [-0.3, -0.25) is 24.0 Å². The van der Waals surface area contributed by atoms with Crippen LogP contribution in [-0.4, -0.2) is 73.9 Å². The van der Waals surface area contributed by atoms with Gasteiger partial charge in [0.1, 0.15) is 18.1 Å². The number of carbonyl (C=O) groups excluding carboxylic acids is 5. The number of nitrogens with one attached hydrogen (secondary N) is 4. The summed E-state index contributed by atoms with van der Waals surface area (Å²) >= 11 is 1.53. The lowest BCUT2D eigenvalue weighted by Gasteiger charge is -2.26. The Labute approximate surface area is 222 Å². The minimum absolute atomic E-state index is 0.0145. The lowest BCUT2D eigenvalue weighted by atomic mass is 9.97. The molecule has 11 heteroatoms. The molecule has 0 aliphatic carbocycles. The molecule has 4 amide bonds. The molecule has 1 aromatic rings. The second-order valence-electron chi connectivity index (χ2n) is 8.76. The van der Waals surface area contributed by atoms with Gasteiger partial charge in [0.05, 0.1) is 13.5 Å². The Morgan fingerprint density at radius 1 is 1.03 bits per heavy atom. The summed E-state index contributed by atoms with van der Waals surface area (Å²) in [5, 5.41) is 10.6. The number of esters is 1. The minimum atomic E-state index is -1.15. The molecular weight excluding hydrogens is 496 g/mol. The molecule has 0 fully saturated rings. The highest BCUT2D eigenvalue weighted by atomic mass is 32.2. The summed E-state index contributed by atoms with van der Waals surface area (Å²) in [6.45, 7) is 7.84. The lowest BCUT2D eigenvalue weighted by Crippen LogP contribution is -2.56. The molecule has 0 radical (unpaired) electrons. The van der Waals surface area contributed by atoms with Crippen molar-refractivity contribution < 1.29 is 28.7 Å². The van der Waals surface area contributed by atoms with Gasteiger partial charge in [-0.2, -0.15) is 11.8 Å². The second kappa shape index (κ2) is 17.2. The molecule has 0 saturated carbocycles. The number of ether oxygens (including phenoxy) is 1. The highest BCUT2D eigenvalue weighted by Gasteiger charge is 2.31. The first-order valence-corrected chi connectivity index (χ1v) is 13.4. The van der Waals surface area contributed by atoms with Gasteiger partial charge in [0.2, 0.25) is 24.1 Å². The monoisotopic (exact) mass is 534 g/mol. The van der Waals surface area contributed by atoms with Crippen LogP contribution in [0.15, 0.2) is 36.9 Å². The van der Waals surface area contributed by atoms with E-state index in [0.29, 0.717) is 36.1 Å². The summed E-state index contributed by atoms with van der Waals surface area (Å²) in [5.74, 6) is -1.40. The predicted molar refractivity (Wildman–Crippen MR) is 144 cm³/mol. The Morgan fingerprint density at radius 3 is 2.24 bits per heavy atom. The third kappa shape index (κ3) is 11.5. The predicted octanol–water partition coefficient (Wildman–Crippen LogP) is 1.26. The van der Waals surface area contributed by atoms with Crippen LogP contribution in [0.1, 0.15) is 38.7 Å². The molecule has 0 unspecified atom stereocenters. The van der Waals surface area contributed by atoms with Gasteiger partial charge >= 0.3 is 5.97 Å². The number of amides is 4. The molecule has 0 saturated heterocycles. The Kier molecular flexibility index (Phi) is 14.7. The highest BCUT2D eigenvalue weighted by Crippen LogP contribution is 2.17. The van der Waals surface area contributed by atoms with Crippen LogP contribution >= 0.6 is 11.8 Å². The summed E-state index contributed by atoms with van der Waals surface area (Å²) in [7, 11) is 1.25. The molecule has 1 rings (SSSR count). The number of thioether (sulfide) groups is 1. The van der Waals surface area contributed by atoms with Crippen LogP contribution in [0.2, 0.25) is 0 Å². The summed E-state index contributed by atoms with van der Waals surface area (Å²) < 4.78 is 4.59. The summed E-state index contributed by atoms with van der Waals surface area (Å²) in [4.78, 5) is 61.7. The van der Waals surface area contributed by atoms with E-state index in [-0.39, 0.29) is 18.9 Å². The van der Waals surface area contributed by atoms with Gasteiger partial charge in [-0.05, 0) is 41.9 Å². The zero-order chi connectivity index (χ0) is 27.8. The van der Waals surface area contributed by atoms with Gasteiger partial charge < -0.3 is 26.0 Å². The van der Waals surface area contributed by atoms with Crippen LogP contribution in [-0.2, 0) is 28.7 Å². The normalized spacial score (nSPS) is 13.0. The highest BCUT2D eigenvalue weighted by molar-refractivity contribution is 7.98. The van der Waals surface area contributed by atoms with Crippen molar-refractivity contribution in [2.45, 2.75) is 51.2 Å². The van der Waals surface area contributed by atoms with E-state index >= 15 is 0 Å². The lowest BCUT2D eigenvalue weighted by molar-refractivity contribution is -0.140. The van der Waals surface area contributed by atoms with Crippen molar-refractivity contribution in [1.29, 1.82) is 0 Å². The number of methoxy groups -OCH3 is 1. The fourth-order valence-electron chi connectivity index (χ4n) is 3.45. The Balaban J connectivity index is 3.11. The van der Waals surface area contributed by atoms with Gasteiger partial charge in [-0.1, -0.05) is 50.8 Å². The molecule has 10 nitrogen and oxygen atoms in total. The van der Waals surface area contributed by atoms with Crippen molar-refractivity contribution in [2.75, 3.05) is 25.7 Å². The largest absolute Gasteiger partial charge is 0.469 e. The number of benzene rings is 1. The summed E-state index contributed by atoms with van der Waals surface area (Å²) in [6.07, 6.45) is 3.02. The van der Waals surface area contributed by atoms with Gasteiger partial charge in [0, 0.05) is 6.54 Å². The molecule has 1 aromatic carbocycles. The van der Waals surface area contributed by atoms with Crippen LogP contribution in [0.25, 0.3) is 5.57 Å². The molecule has 0 spiro atoms. The van der Waals surface area contributed by atoms with Crippen LogP contribution in [0.3, 0.4) is 0 Å². The molecule has 4 N–H and O–H groups in total. The number of rotatable bonds is 17. The Bertz CT molecular complexity index is 925. The van der Waals surface area contributed by atoms with E-state index in [1.807, 2.05) is 26.2 Å². The van der Waals surface area contributed by atoms with Crippen molar-refractivity contribution in [2.24, 2.45) is 5.92 Å². The molecule has 37 heavy (non-hydrogen) atoms. The van der Waals surface area contributed by atoms with Crippen LogP contribution < -0.4 is 21.3 Å². The van der Waals surface area contributed by atoms with Gasteiger partial charge in [0.15, 0.2) is 0 Å². The first kappa shape index (κ1) is 31.7. The Hall–Kier alpha value is -3.34. The topological polar surface area (TPSA) is 143 Å². The van der Waals surface area contributed by atoms with Crippen molar-refractivity contribution in [3.63, 3.8) is 0 Å². The molecular formula is C26H38N4O6S. The maximum atomic E-state index is 13.4. The van der Waals surface area contributed by atoms with Crippen molar-refractivity contribution in [3.05, 3.63) is 42.5 Å². The van der Waals surface area contributed by atoms with Crippen molar-refractivity contribution in [3.8, 4) is 0 Å². The van der Waals surface area contributed by atoms with Gasteiger partial charge in [0.25, 0.3) is 0 Å². The first-order chi connectivity index (χ1) is 17.6. The standard InChI is InChI=1S/C26H38N4O6S/c1-17(2)15-21(29-24(33)20(28-16-31)12-14-37-5)25(34)30-23(18(3)19-9-7-6-8-10-19)26(35)27-13-11-22(32)36-4/h6-10,16-17,20-21,23H,3,11-15H2,1-2,4-5H3,(H,27,35)(H,28,31)(H,29,33)(H,30,34)/t20-,21-,23-/m0/s1. The van der Waals surface area contributed by atoms with Gasteiger partial charge in [-0.15, -0.1) is 0 Å². The molecule has 204 valence electrons. The van der Waals surface area contributed by atoms with Gasteiger partial charge in [-0.25, -0.2) is 0 Å². The van der Waals surface area contributed by atoms with Crippen LogP contribution in [0.5, 0.6) is 0 Å². The Morgan fingerprint density at radius 2 is 1.68 bits per heavy atom. The smallest absolute Gasteiger partial charge is 0.307 e. The molecule has 0 bridgehead atoms. The van der Waals surface area contributed by atoms with Crippen molar-refractivity contribution in [1.82, 2.24) is 21.3 Å². The van der Waals surface area contributed by atoms with Crippen molar-refractivity contribution >= 4 is 47.4 Å². The number of hydrogen-bond acceptors (Lipinski definition) is 7. The second-order valence-corrected chi connectivity index (χ2v) is 9.74. The SMILES string of the molecule is C=C(c1ccccc1)[C@H](NC(=O)[C@H](CC(C)C)NC(=O)[C@H](CCSC)NC=O)C(=O)NCCC(=O)OC. The van der Waals surface area contributed by atoms with E-state index < -0.39 is 41.8 Å².